The lowest BCUT2D eigenvalue weighted by Crippen LogP contribution is -2.67. The van der Waals surface area contributed by atoms with Crippen molar-refractivity contribution in [2.45, 2.75) is 50.4 Å². The summed E-state index contributed by atoms with van der Waals surface area (Å²) in [5, 5.41) is 32.8. The first-order valence-electron chi connectivity index (χ1n) is 7.77. The number of carbonyl (C=O) groups is 1. The lowest BCUT2D eigenvalue weighted by molar-refractivity contribution is -0.280. The molecule has 0 unspecified atom stereocenters. The molecule has 0 spiro atoms. The van der Waals surface area contributed by atoms with E-state index in [9.17, 15) is 20.1 Å². The number of nitrogens with one attached hydrogen (secondary N) is 1. The zero-order valence-electron chi connectivity index (χ0n) is 13.5. The van der Waals surface area contributed by atoms with E-state index in [1.165, 1.54) is 12.0 Å². The molecule has 23 heavy (non-hydrogen) atoms. The van der Waals surface area contributed by atoms with Gasteiger partial charge in [0.25, 0.3) is 0 Å². The van der Waals surface area contributed by atoms with Gasteiger partial charge in [-0.15, -0.1) is 11.6 Å². The molecule has 2 amide bonds. The molecule has 0 bridgehead atoms. The highest BCUT2D eigenvalue weighted by Gasteiger charge is 2.48. The first kappa shape index (κ1) is 20.4. The van der Waals surface area contributed by atoms with Gasteiger partial charge in [0.05, 0.1) is 12.6 Å². The van der Waals surface area contributed by atoms with Gasteiger partial charge in [0, 0.05) is 26.1 Å². The maximum atomic E-state index is 12.4. The minimum Gasteiger partial charge on any atom is -0.394 e. The molecular weight excluding hydrogens is 328 g/mol. The summed E-state index contributed by atoms with van der Waals surface area (Å²) in [4.78, 5) is 13.7. The van der Waals surface area contributed by atoms with Crippen LogP contribution in [0.1, 0.15) is 19.8 Å². The highest BCUT2D eigenvalue weighted by atomic mass is 35.5. The molecule has 0 aromatic rings. The second-order valence-electron chi connectivity index (χ2n) is 5.40. The largest absolute Gasteiger partial charge is 0.394 e. The van der Waals surface area contributed by atoms with Crippen molar-refractivity contribution in [3.05, 3.63) is 0 Å². The summed E-state index contributed by atoms with van der Waals surface area (Å²) < 4.78 is 10.4. The normalized spacial score (nSPS) is 31.0. The molecule has 1 saturated heterocycles. The summed E-state index contributed by atoms with van der Waals surface area (Å²) in [6, 6.07) is -1.39. The van der Waals surface area contributed by atoms with Crippen molar-refractivity contribution in [3.8, 4) is 0 Å². The van der Waals surface area contributed by atoms with Crippen molar-refractivity contribution in [1.82, 2.24) is 10.2 Å². The fourth-order valence-corrected chi connectivity index (χ4v) is 2.70. The predicted molar refractivity (Wildman–Crippen MR) is 84.3 cm³/mol. The number of urea groups is 1. The molecule has 0 aromatic carbocycles. The summed E-state index contributed by atoms with van der Waals surface area (Å²) in [5.41, 5.74) is 0. The van der Waals surface area contributed by atoms with Crippen LogP contribution in [0.4, 0.5) is 4.79 Å². The summed E-state index contributed by atoms with van der Waals surface area (Å²) in [6.45, 7) is 2.14. The Morgan fingerprint density at radius 2 is 2.09 bits per heavy atom. The lowest BCUT2D eigenvalue weighted by Gasteiger charge is -2.46. The Kier molecular flexibility index (Phi) is 9.11. The Morgan fingerprint density at radius 1 is 1.39 bits per heavy atom. The van der Waals surface area contributed by atoms with Crippen LogP contribution in [0.15, 0.2) is 0 Å². The van der Waals surface area contributed by atoms with Crippen LogP contribution >= 0.6 is 11.6 Å². The molecule has 1 heterocycles. The monoisotopic (exact) mass is 354 g/mol. The van der Waals surface area contributed by atoms with Gasteiger partial charge in [-0.25, -0.2) is 4.79 Å². The molecule has 9 heteroatoms. The number of nitrogens with zero attached hydrogens (tertiary/aromatic N) is 1. The van der Waals surface area contributed by atoms with E-state index in [4.69, 9.17) is 21.1 Å². The van der Waals surface area contributed by atoms with E-state index in [2.05, 4.69) is 5.32 Å². The van der Waals surface area contributed by atoms with Crippen LogP contribution in [0.25, 0.3) is 0 Å². The van der Waals surface area contributed by atoms with Crippen molar-refractivity contribution < 1.29 is 29.6 Å². The number of methoxy groups -OCH3 is 1. The van der Waals surface area contributed by atoms with Gasteiger partial charge in [-0.05, 0) is 6.42 Å². The van der Waals surface area contributed by atoms with Crippen molar-refractivity contribution in [2.24, 2.45) is 0 Å². The van der Waals surface area contributed by atoms with Crippen LogP contribution in [0.5, 0.6) is 0 Å². The molecular formula is C14H27ClN2O6. The third-order valence-corrected chi connectivity index (χ3v) is 4.01. The molecule has 1 fully saturated rings. The van der Waals surface area contributed by atoms with Crippen molar-refractivity contribution in [3.63, 3.8) is 0 Å². The molecule has 4 N–H and O–H groups in total. The zero-order valence-corrected chi connectivity index (χ0v) is 14.3. The molecule has 0 radical (unpaired) electrons. The van der Waals surface area contributed by atoms with Gasteiger partial charge in [0.15, 0.2) is 6.29 Å². The van der Waals surface area contributed by atoms with E-state index < -0.39 is 43.3 Å². The molecule has 0 aliphatic carbocycles. The molecule has 136 valence electrons. The molecule has 1 aliphatic heterocycles. The van der Waals surface area contributed by atoms with Gasteiger partial charge in [-0.2, -0.15) is 0 Å². The Hall–Kier alpha value is -0.640. The summed E-state index contributed by atoms with van der Waals surface area (Å²) >= 11 is 5.58. The summed E-state index contributed by atoms with van der Waals surface area (Å²) in [6.07, 6.45) is -2.92. The van der Waals surface area contributed by atoms with Crippen LogP contribution in [0.3, 0.4) is 0 Å². The van der Waals surface area contributed by atoms with Crippen molar-refractivity contribution in [1.29, 1.82) is 0 Å². The Morgan fingerprint density at radius 3 is 2.61 bits per heavy atom. The van der Waals surface area contributed by atoms with E-state index in [1.807, 2.05) is 6.92 Å². The van der Waals surface area contributed by atoms with Gasteiger partial charge in [-0.3, -0.25) is 0 Å². The number of amides is 2. The fourth-order valence-electron chi connectivity index (χ4n) is 2.60. The topological polar surface area (TPSA) is 111 Å². The number of rotatable bonds is 8. The summed E-state index contributed by atoms with van der Waals surface area (Å²) in [7, 11) is 1.35. The van der Waals surface area contributed by atoms with Gasteiger partial charge >= 0.3 is 6.03 Å². The molecule has 8 nitrogen and oxygen atoms in total. The van der Waals surface area contributed by atoms with Crippen LogP contribution in [-0.4, -0.2) is 89.6 Å². The van der Waals surface area contributed by atoms with Gasteiger partial charge < -0.3 is 35.0 Å². The van der Waals surface area contributed by atoms with Crippen LogP contribution in [0, 0.1) is 0 Å². The lowest BCUT2D eigenvalue weighted by atomic mass is 9.94. The molecule has 1 rings (SSSR count). The fraction of sp³-hybridized carbons (Fsp3) is 0.929. The third kappa shape index (κ3) is 5.17. The Bertz CT molecular complexity index is 346. The predicted octanol–water partition coefficient (Wildman–Crippen LogP) is -0.509. The minimum absolute atomic E-state index is 0.256. The average Bonchev–Trinajstić information content (AvgIpc) is 2.55. The maximum absolute atomic E-state index is 12.4. The van der Waals surface area contributed by atoms with E-state index in [1.54, 1.807) is 0 Å². The van der Waals surface area contributed by atoms with E-state index >= 15 is 0 Å². The van der Waals surface area contributed by atoms with Gasteiger partial charge in [-0.1, -0.05) is 13.3 Å². The Labute approximate surface area is 141 Å². The third-order valence-electron chi connectivity index (χ3n) is 3.82. The summed E-state index contributed by atoms with van der Waals surface area (Å²) in [5.74, 6) is 0.256. The van der Waals surface area contributed by atoms with E-state index in [0.29, 0.717) is 13.0 Å². The number of hydrogen-bond acceptors (Lipinski definition) is 6. The standard InChI is InChI=1S/C14H27ClN2O6/c1-3-4-7-17(14(21)16-6-5-15)10-11(19)9(8-18)23-13(22-2)12(10)20/h9-13,18-20H,3-8H2,1-2H3,(H,16,21)/t9-,10-,11-,12-,13+/m1/s1. The van der Waals surface area contributed by atoms with Crippen molar-refractivity contribution >= 4 is 17.6 Å². The number of alkyl halides is 1. The number of ether oxygens (including phenoxy) is 2. The maximum Gasteiger partial charge on any atom is 0.317 e. The number of aliphatic hydroxyl groups excluding tert-OH is 3. The molecule has 0 aromatic heterocycles. The number of aliphatic hydroxyl groups is 3. The van der Waals surface area contributed by atoms with Crippen LogP contribution in [-0.2, 0) is 9.47 Å². The first-order chi connectivity index (χ1) is 11.0. The average molecular weight is 355 g/mol. The number of halogens is 1. The van der Waals surface area contributed by atoms with Crippen molar-refractivity contribution in [2.75, 3.05) is 32.7 Å². The second-order valence-corrected chi connectivity index (χ2v) is 5.78. The highest BCUT2D eigenvalue weighted by molar-refractivity contribution is 6.18. The first-order valence-corrected chi connectivity index (χ1v) is 8.30. The molecule has 5 atom stereocenters. The van der Waals surface area contributed by atoms with E-state index in [0.717, 1.165) is 6.42 Å². The van der Waals surface area contributed by atoms with Crippen LogP contribution < -0.4 is 5.32 Å². The zero-order chi connectivity index (χ0) is 17.4. The highest BCUT2D eigenvalue weighted by Crippen LogP contribution is 2.26. The smallest absolute Gasteiger partial charge is 0.317 e. The van der Waals surface area contributed by atoms with Gasteiger partial charge in [0.1, 0.15) is 18.3 Å². The van der Waals surface area contributed by atoms with Crippen LogP contribution in [0.2, 0.25) is 0 Å². The Balaban J connectivity index is 2.99. The van der Waals surface area contributed by atoms with Gasteiger partial charge in [0.2, 0.25) is 0 Å². The molecule has 1 aliphatic rings. The minimum atomic E-state index is -1.24. The molecule has 0 saturated carbocycles. The number of hydrogen-bond donors (Lipinski definition) is 4. The second kappa shape index (κ2) is 10.3. The SMILES string of the molecule is CCCCN(C(=O)NCCCl)[C@H]1[C@@H](O)[C@@H](OC)O[C@H](CO)[C@H]1O. The van der Waals surface area contributed by atoms with E-state index in [-0.39, 0.29) is 12.4 Å². The number of carbonyl (C=O) groups excluding carboxylic acids is 1. The number of unbranched alkanes of at least 4 members (excludes halogenated alkanes) is 1. The quantitative estimate of drug-likeness (QED) is 0.437.